The molecule has 2 atom stereocenters. The normalized spacial score (nSPS) is 14.6. The van der Waals surface area contributed by atoms with Crippen molar-refractivity contribution in [2.45, 2.75) is 25.7 Å². The maximum atomic E-state index is 13.5. The van der Waals surface area contributed by atoms with Crippen molar-refractivity contribution < 1.29 is 46.1 Å². The molecule has 1 aromatic carbocycles. The second kappa shape index (κ2) is 9.27. The summed E-state index contributed by atoms with van der Waals surface area (Å²) in [6, 6.07) is 0. The Balaban J connectivity index is 2.79. The number of carbonyl (C=O) groups is 2. The summed E-state index contributed by atoms with van der Waals surface area (Å²) in [5.41, 5.74) is 3.77. The highest BCUT2D eigenvalue weighted by molar-refractivity contribution is 7.58. The van der Waals surface area contributed by atoms with E-state index in [2.05, 4.69) is 0 Å². The van der Waals surface area contributed by atoms with Gasteiger partial charge in [0.2, 0.25) is 19.1 Å². The van der Waals surface area contributed by atoms with Gasteiger partial charge in [-0.3, -0.25) is 14.2 Å². The largest absolute Gasteiger partial charge is 0.481 e. The molecular formula is C15H17F5NO5P. The lowest BCUT2D eigenvalue weighted by atomic mass is 10.1. The third-order valence-corrected chi connectivity index (χ3v) is 5.86. The van der Waals surface area contributed by atoms with Crippen LogP contribution in [0.25, 0.3) is 0 Å². The quantitative estimate of drug-likeness (QED) is 0.234. The number of nitrogens with two attached hydrogens (primary N) is 1. The van der Waals surface area contributed by atoms with Crippen LogP contribution < -0.4 is 5.73 Å². The molecular weight excluding hydrogens is 400 g/mol. The van der Waals surface area contributed by atoms with Gasteiger partial charge < -0.3 is 15.7 Å². The predicted molar refractivity (Wildman–Crippen MR) is 83.7 cm³/mol. The summed E-state index contributed by atoms with van der Waals surface area (Å²) in [7, 11) is -4.10. The third kappa shape index (κ3) is 6.28. The molecule has 0 aromatic heterocycles. The van der Waals surface area contributed by atoms with E-state index in [1.54, 1.807) is 0 Å². The predicted octanol–water partition coefficient (Wildman–Crippen LogP) is 2.55. The summed E-state index contributed by atoms with van der Waals surface area (Å²) in [6.07, 6.45) is -3.04. The summed E-state index contributed by atoms with van der Waals surface area (Å²) in [6.45, 7) is 0. The second-order valence-electron chi connectivity index (χ2n) is 5.94. The van der Waals surface area contributed by atoms with Crippen molar-refractivity contribution >= 4 is 19.2 Å². The number of amides is 1. The van der Waals surface area contributed by atoms with E-state index >= 15 is 0 Å². The highest BCUT2D eigenvalue weighted by Crippen LogP contribution is 2.44. The molecule has 2 unspecified atom stereocenters. The smallest absolute Gasteiger partial charge is 0.307 e. The Morgan fingerprint density at radius 2 is 1.48 bits per heavy atom. The molecule has 0 fully saturated rings. The first kappa shape index (κ1) is 23.0. The molecule has 0 spiro atoms. The van der Waals surface area contributed by atoms with Gasteiger partial charge in [0.25, 0.3) is 0 Å². The Morgan fingerprint density at radius 3 is 1.93 bits per heavy atom. The van der Waals surface area contributed by atoms with Gasteiger partial charge in [0, 0.05) is 24.3 Å². The Labute approximate surface area is 150 Å². The van der Waals surface area contributed by atoms with Gasteiger partial charge in [-0.25, -0.2) is 22.0 Å². The fourth-order valence-electron chi connectivity index (χ4n) is 2.42. The maximum Gasteiger partial charge on any atom is 0.307 e. The fraction of sp³-hybridized carbons (Fsp3) is 0.467. The lowest BCUT2D eigenvalue weighted by Gasteiger charge is -2.17. The summed E-state index contributed by atoms with van der Waals surface area (Å²) in [4.78, 5) is 31.6. The van der Waals surface area contributed by atoms with Crippen LogP contribution in [0.1, 0.15) is 24.8 Å². The van der Waals surface area contributed by atoms with Crippen molar-refractivity contribution in [3.8, 4) is 0 Å². The standard InChI is InChI=1S/C15H17F5NO5P/c16-10-8(11(17)13(19)14(20)12(10)18)2-1-5-27(25,26)6-7(15(23)24)3-4-9(21)22/h7H,1-6H2,(H2,21,22)(H,23,24)(H,25,26). The molecule has 27 heavy (non-hydrogen) atoms. The molecule has 4 N–H and O–H groups in total. The van der Waals surface area contributed by atoms with E-state index in [1.165, 1.54) is 0 Å². The molecule has 0 saturated carbocycles. The van der Waals surface area contributed by atoms with Gasteiger partial charge in [-0.05, 0) is 19.3 Å². The topological polar surface area (TPSA) is 118 Å². The lowest BCUT2D eigenvalue weighted by molar-refractivity contribution is -0.141. The zero-order valence-corrected chi connectivity index (χ0v) is 14.7. The molecule has 1 amide bonds. The number of hydrogen-bond acceptors (Lipinski definition) is 3. The average molecular weight is 417 g/mol. The number of primary amides is 1. The van der Waals surface area contributed by atoms with Crippen LogP contribution in [0.15, 0.2) is 0 Å². The van der Waals surface area contributed by atoms with Gasteiger partial charge in [-0.2, -0.15) is 0 Å². The van der Waals surface area contributed by atoms with Gasteiger partial charge in [0.15, 0.2) is 23.3 Å². The Bertz CT molecular complexity index is 759. The van der Waals surface area contributed by atoms with Gasteiger partial charge >= 0.3 is 5.97 Å². The van der Waals surface area contributed by atoms with Gasteiger partial charge in [-0.15, -0.1) is 0 Å². The number of carboxylic acids is 1. The third-order valence-electron chi connectivity index (χ3n) is 3.83. The SMILES string of the molecule is NC(=O)CCC(CP(=O)(O)CCCc1c(F)c(F)c(F)c(F)c1F)C(=O)O. The molecule has 0 radical (unpaired) electrons. The van der Waals surface area contributed by atoms with E-state index in [0.29, 0.717) is 0 Å². The van der Waals surface area contributed by atoms with Crippen LogP contribution in [0.3, 0.4) is 0 Å². The van der Waals surface area contributed by atoms with Crippen molar-refractivity contribution in [2.75, 3.05) is 12.3 Å². The van der Waals surface area contributed by atoms with E-state index in [-0.39, 0.29) is 12.8 Å². The Morgan fingerprint density at radius 1 is 1.00 bits per heavy atom. The zero-order chi connectivity index (χ0) is 20.9. The first-order valence-corrected chi connectivity index (χ1v) is 9.72. The van der Waals surface area contributed by atoms with E-state index in [4.69, 9.17) is 10.8 Å². The molecule has 0 bridgehead atoms. The molecule has 0 aliphatic rings. The number of aliphatic carboxylic acids is 1. The van der Waals surface area contributed by atoms with Gasteiger partial charge in [0.05, 0.1) is 5.92 Å². The van der Waals surface area contributed by atoms with E-state index in [0.717, 1.165) is 0 Å². The van der Waals surface area contributed by atoms with Crippen molar-refractivity contribution in [1.82, 2.24) is 0 Å². The molecule has 1 aromatic rings. The van der Waals surface area contributed by atoms with Crippen molar-refractivity contribution in [2.24, 2.45) is 11.7 Å². The first-order valence-electron chi connectivity index (χ1n) is 7.69. The maximum absolute atomic E-state index is 13.5. The number of rotatable bonds is 10. The van der Waals surface area contributed by atoms with Crippen LogP contribution >= 0.6 is 7.37 Å². The molecule has 0 aliphatic heterocycles. The minimum Gasteiger partial charge on any atom is -0.481 e. The number of carbonyl (C=O) groups excluding carboxylic acids is 1. The van der Waals surface area contributed by atoms with Crippen molar-refractivity contribution in [3.63, 3.8) is 0 Å². The Hall–Kier alpha value is -2.00. The number of halogens is 5. The summed E-state index contributed by atoms with van der Waals surface area (Å²) in [5, 5.41) is 9.01. The van der Waals surface area contributed by atoms with E-state index in [9.17, 15) is 41.0 Å². The molecule has 6 nitrogen and oxygen atoms in total. The highest BCUT2D eigenvalue weighted by atomic mass is 31.2. The summed E-state index contributed by atoms with van der Waals surface area (Å²) < 4.78 is 78.4. The van der Waals surface area contributed by atoms with Crippen LogP contribution in [0.2, 0.25) is 0 Å². The monoisotopic (exact) mass is 417 g/mol. The lowest BCUT2D eigenvalue weighted by Crippen LogP contribution is -2.22. The number of benzene rings is 1. The van der Waals surface area contributed by atoms with Crippen LogP contribution in [-0.4, -0.2) is 34.2 Å². The van der Waals surface area contributed by atoms with Crippen LogP contribution in [0, 0.1) is 35.0 Å². The van der Waals surface area contributed by atoms with E-state index < -0.39 is 85.0 Å². The number of carboxylic acid groups (broad SMARTS) is 1. The molecule has 0 saturated heterocycles. The number of hydrogen-bond donors (Lipinski definition) is 3. The average Bonchev–Trinajstić information content (AvgIpc) is 2.57. The highest BCUT2D eigenvalue weighted by Gasteiger charge is 2.30. The molecule has 12 heteroatoms. The minimum atomic E-state index is -4.10. The minimum absolute atomic E-state index is 0.271. The fourth-order valence-corrected chi connectivity index (χ4v) is 4.28. The van der Waals surface area contributed by atoms with Crippen LogP contribution in [-0.2, 0) is 20.6 Å². The molecule has 0 heterocycles. The zero-order valence-electron chi connectivity index (χ0n) is 13.9. The molecule has 0 aliphatic carbocycles. The van der Waals surface area contributed by atoms with Crippen LogP contribution in [0.5, 0.6) is 0 Å². The summed E-state index contributed by atoms with van der Waals surface area (Å²) in [5.74, 6) is -14.1. The summed E-state index contributed by atoms with van der Waals surface area (Å²) >= 11 is 0. The van der Waals surface area contributed by atoms with Crippen molar-refractivity contribution in [1.29, 1.82) is 0 Å². The van der Waals surface area contributed by atoms with Crippen LogP contribution in [0.4, 0.5) is 22.0 Å². The van der Waals surface area contributed by atoms with Crippen molar-refractivity contribution in [3.05, 3.63) is 34.6 Å². The van der Waals surface area contributed by atoms with Gasteiger partial charge in [-0.1, -0.05) is 0 Å². The Kier molecular flexibility index (Phi) is 7.91. The molecule has 152 valence electrons. The van der Waals surface area contributed by atoms with Gasteiger partial charge in [0.1, 0.15) is 0 Å². The first-order chi connectivity index (χ1) is 12.4. The van der Waals surface area contributed by atoms with E-state index in [1.807, 2.05) is 0 Å². The second-order valence-corrected chi connectivity index (χ2v) is 8.45. The molecule has 1 rings (SSSR count).